The Morgan fingerprint density at radius 2 is 2.07 bits per heavy atom. The van der Waals surface area contributed by atoms with Crippen molar-refractivity contribution in [1.29, 1.82) is 5.26 Å². The quantitative estimate of drug-likeness (QED) is 0.612. The van der Waals surface area contributed by atoms with Crippen LogP contribution in [0.5, 0.6) is 11.5 Å². The summed E-state index contributed by atoms with van der Waals surface area (Å²) in [5.74, 6) is 0.590. The Balaban J connectivity index is 1.90. The molecule has 27 heavy (non-hydrogen) atoms. The Kier molecular flexibility index (Phi) is 5.60. The zero-order valence-corrected chi connectivity index (χ0v) is 15.8. The van der Waals surface area contributed by atoms with Crippen LogP contribution in [0.25, 0.3) is 6.08 Å². The summed E-state index contributed by atoms with van der Waals surface area (Å²) >= 11 is 11.5. The van der Waals surface area contributed by atoms with Crippen molar-refractivity contribution in [1.82, 2.24) is 5.32 Å². The first-order chi connectivity index (χ1) is 13.0. The van der Waals surface area contributed by atoms with Gasteiger partial charge in [0.1, 0.15) is 11.8 Å². The highest BCUT2D eigenvalue weighted by Gasteiger charge is 2.33. The third-order valence-electron chi connectivity index (χ3n) is 3.76. The Hall–Kier alpha value is -3.08. The van der Waals surface area contributed by atoms with Crippen LogP contribution in [0.4, 0.5) is 5.69 Å². The van der Waals surface area contributed by atoms with Crippen LogP contribution >= 0.6 is 23.8 Å². The summed E-state index contributed by atoms with van der Waals surface area (Å²) in [5.41, 5.74) is 1.53. The van der Waals surface area contributed by atoms with Crippen LogP contribution in [-0.4, -0.2) is 24.7 Å². The van der Waals surface area contributed by atoms with Gasteiger partial charge >= 0.3 is 0 Å². The minimum absolute atomic E-state index is 0.0854. The molecule has 1 heterocycles. The third kappa shape index (κ3) is 3.87. The van der Waals surface area contributed by atoms with Gasteiger partial charge in [-0.3, -0.25) is 9.69 Å². The fourth-order valence-electron chi connectivity index (χ4n) is 2.56. The Morgan fingerprint density at radius 1 is 1.30 bits per heavy atom. The van der Waals surface area contributed by atoms with Crippen molar-refractivity contribution in [2.45, 2.75) is 0 Å². The number of ether oxygens (including phenoxy) is 2. The summed E-state index contributed by atoms with van der Waals surface area (Å²) in [6, 6.07) is 14.0. The van der Waals surface area contributed by atoms with Crippen molar-refractivity contribution < 1.29 is 14.3 Å². The van der Waals surface area contributed by atoms with E-state index in [1.807, 2.05) is 6.07 Å². The fraction of sp³-hybridized carbons (Fsp3) is 0.105. The zero-order chi connectivity index (χ0) is 19.4. The summed E-state index contributed by atoms with van der Waals surface area (Å²) in [5, 5.41) is 12.2. The summed E-state index contributed by atoms with van der Waals surface area (Å²) in [7, 11) is 1.50. The Morgan fingerprint density at radius 3 is 2.78 bits per heavy atom. The van der Waals surface area contributed by atoms with E-state index in [0.29, 0.717) is 33.5 Å². The molecule has 1 aliphatic rings. The van der Waals surface area contributed by atoms with Crippen molar-refractivity contribution in [2.75, 3.05) is 18.6 Å². The van der Waals surface area contributed by atoms with Gasteiger partial charge in [0, 0.05) is 0 Å². The molecule has 2 aromatic carbocycles. The van der Waals surface area contributed by atoms with E-state index in [1.54, 1.807) is 48.5 Å². The van der Waals surface area contributed by atoms with Gasteiger partial charge in [0.05, 0.1) is 17.8 Å². The summed E-state index contributed by atoms with van der Waals surface area (Å²) in [6.07, 6.45) is 1.65. The molecule has 1 aliphatic heterocycles. The highest BCUT2D eigenvalue weighted by molar-refractivity contribution is 7.80. The van der Waals surface area contributed by atoms with Gasteiger partial charge in [-0.1, -0.05) is 29.8 Å². The molecule has 1 saturated heterocycles. The molecule has 0 atom stereocenters. The standard InChI is InChI=1S/C19H14ClN3O3S/c1-25-17-11-12(6-7-16(17)26-9-8-21)10-14-18(24)23(19(27)22-14)15-5-3-2-4-13(15)20/h2-7,10-11H,9H2,1H3,(H,22,27). The number of hydrogen-bond acceptors (Lipinski definition) is 5. The lowest BCUT2D eigenvalue weighted by atomic mass is 10.1. The smallest absolute Gasteiger partial charge is 0.281 e. The van der Waals surface area contributed by atoms with Gasteiger partial charge in [0.15, 0.2) is 23.2 Å². The van der Waals surface area contributed by atoms with Crippen molar-refractivity contribution in [3.05, 3.63) is 58.7 Å². The number of nitrogens with one attached hydrogen (secondary N) is 1. The number of benzene rings is 2. The van der Waals surface area contributed by atoms with Crippen LogP contribution in [0.3, 0.4) is 0 Å². The topological polar surface area (TPSA) is 74.6 Å². The normalized spacial score (nSPS) is 14.9. The molecule has 0 aromatic heterocycles. The number of nitrogens with zero attached hydrogens (tertiary/aromatic N) is 2. The zero-order valence-electron chi connectivity index (χ0n) is 14.2. The molecular formula is C19H14ClN3O3S. The molecule has 6 nitrogen and oxygen atoms in total. The number of nitriles is 1. The largest absolute Gasteiger partial charge is 0.493 e. The Bertz CT molecular complexity index is 984. The molecule has 0 unspecified atom stereocenters. The van der Waals surface area contributed by atoms with Gasteiger partial charge in [-0.2, -0.15) is 5.26 Å². The second kappa shape index (κ2) is 8.08. The second-order valence-electron chi connectivity index (χ2n) is 5.44. The summed E-state index contributed by atoms with van der Waals surface area (Å²) < 4.78 is 10.6. The number of rotatable bonds is 5. The number of hydrogen-bond donors (Lipinski definition) is 1. The molecular weight excluding hydrogens is 386 g/mol. The van der Waals surface area contributed by atoms with E-state index in [1.165, 1.54) is 12.0 Å². The van der Waals surface area contributed by atoms with E-state index >= 15 is 0 Å². The van der Waals surface area contributed by atoms with Gasteiger partial charge in [-0.25, -0.2) is 0 Å². The van der Waals surface area contributed by atoms with Crippen LogP contribution in [0.15, 0.2) is 48.2 Å². The molecule has 1 fully saturated rings. The lowest BCUT2D eigenvalue weighted by molar-refractivity contribution is -0.113. The molecule has 0 saturated carbocycles. The molecule has 8 heteroatoms. The van der Waals surface area contributed by atoms with Gasteiger partial charge < -0.3 is 14.8 Å². The van der Waals surface area contributed by atoms with Crippen LogP contribution in [0.1, 0.15) is 5.56 Å². The summed E-state index contributed by atoms with van der Waals surface area (Å²) in [6.45, 7) is -0.0854. The highest BCUT2D eigenvalue weighted by Crippen LogP contribution is 2.31. The number of carbonyl (C=O) groups is 1. The molecule has 0 spiro atoms. The van der Waals surface area contributed by atoms with Crippen molar-refractivity contribution in [3.63, 3.8) is 0 Å². The predicted molar refractivity (Wildman–Crippen MR) is 107 cm³/mol. The number of methoxy groups -OCH3 is 1. The molecule has 136 valence electrons. The van der Waals surface area contributed by atoms with Crippen molar-refractivity contribution in [2.24, 2.45) is 0 Å². The van der Waals surface area contributed by atoms with Crippen LogP contribution < -0.4 is 19.7 Å². The first-order valence-corrected chi connectivity index (χ1v) is 8.63. The third-order valence-corrected chi connectivity index (χ3v) is 4.37. The minimum Gasteiger partial charge on any atom is -0.493 e. The molecule has 3 rings (SSSR count). The highest BCUT2D eigenvalue weighted by atomic mass is 35.5. The van der Waals surface area contributed by atoms with Crippen molar-refractivity contribution in [3.8, 4) is 17.6 Å². The predicted octanol–water partition coefficient (Wildman–Crippen LogP) is 3.51. The van der Waals surface area contributed by atoms with Crippen LogP contribution in [-0.2, 0) is 4.79 Å². The molecule has 2 aromatic rings. The van der Waals surface area contributed by atoms with E-state index in [-0.39, 0.29) is 17.6 Å². The first kappa shape index (κ1) is 18.7. The lowest BCUT2D eigenvalue weighted by Gasteiger charge is -2.15. The monoisotopic (exact) mass is 399 g/mol. The van der Waals surface area contributed by atoms with Crippen molar-refractivity contribution >= 4 is 46.6 Å². The molecule has 1 amide bonds. The number of carbonyl (C=O) groups excluding carboxylic acids is 1. The van der Waals surface area contributed by atoms with E-state index in [0.717, 1.165) is 0 Å². The van der Waals surface area contributed by atoms with E-state index in [2.05, 4.69) is 5.32 Å². The number of halogens is 1. The maximum absolute atomic E-state index is 12.8. The van der Waals surface area contributed by atoms with Gasteiger partial charge in [0.25, 0.3) is 5.91 Å². The number of thiocarbonyl (C=S) groups is 1. The molecule has 0 radical (unpaired) electrons. The molecule has 1 N–H and O–H groups in total. The second-order valence-corrected chi connectivity index (χ2v) is 6.23. The number of para-hydroxylation sites is 1. The van der Waals surface area contributed by atoms with Crippen LogP contribution in [0, 0.1) is 11.3 Å². The average molecular weight is 400 g/mol. The number of amides is 1. The lowest BCUT2D eigenvalue weighted by Crippen LogP contribution is -2.30. The van der Waals surface area contributed by atoms with E-state index in [9.17, 15) is 4.79 Å². The Labute approximate surface area is 166 Å². The molecule has 0 bridgehead atoms. The van der Waals surface area contributed by atoms with Gasteiger partial charge in [-0.05, 0) is 48.1 Å². The first-order valence-electron chi connectivity index (χ1n) is 7.84. The molecule has 0 aliphatic carbocycles. The minimum atomic E-state index is -0.308. The van der Waals surface area contributed by atoms with Crippen LogP contribution in [0.2, 0.25) is 5.02 Å². The average Bonchev–Trinajstić information content (AvgIpc) is 2.94. The maximum Gasteiger partial charge on any atom is 0.281 e. The number of anilines is 1. The van der Waals surface area contributed by atoms with Gasteiger partial charge in [0.2, 0.25) is 0 Å². The van der Waals surface area contributed by atoms with E-state index in [4.69, 9.17) is 38.6 Å². The maximum atomic E-state index is 12.8. The van der Waals surface area contributed by atoms with Gasteiger partial charge in [-0.15, -0.1) is 0 Å². The van der Waals surface area contributed by atoms with E-state index < -0.39 is 0 Å². The fourth-order valence-corrected chi connectivity index (χ4v) is 3.07. The SMILES string of the molecule is COc1cc(C=C2NC(=S)N(c3ccccc3Cl)C2=O)ccc1OCC#N. The summed E-state index contributed by atoms with van der Waals surface area (Å²) in [4.78, 5) is 14.1.